The lowest BCUT2D eigenvalue weighted by Crippen LogP contribution is -2.50. The van der Waals surface area contributed by atoms with E-state index in [4.69, 9.17) is 18.9 Å². The highest BCUT2D eigenvalue weighted by Crippen LogP contribution is 2.44. The molecule has 0 unspecified atom stereocenters. The number of hydrogen-bond donors (Lipinski definition) is 0. The van der Waals surface area contributed by atoms with Crippen molar-refractivity contribution in [2.24, 2.45) is 5.92 Å². The van der Waals surface area contributed by atoms with Crippen LogP contribution in [0.4, 0.5) is 4.39 Å². The minimum absolute atomic E-state index is 0.0250. The van der Waals surface area contributed by atoms with Gasteiger partial charge in [0.1, 0.15) is 30.6 Å². The number of Topliss-reactive ketones (excluding diaryl/α,β-unsaturated/α-hetero) is 1. The van der Waals surface area contributed by atoms with Crippen molar-refractivity contribution >= 4 is 5.78 Å². The number of hydrogen-bond acceptors (Lipinski definition) is 5. The Labute approximate surface area is 176 Å². The van der Waals surface area contributed by atoms with Crippen molar-refractivity contribution in [3.63, 3.8) is 0 Å². The predicted molar refractivity (Wildman–Crippen MR) is 109 cm³/mol. The minimum atomic E-state index is -0.550. The first-order valence-corrected chi connectivity index (χ1v) is 10.3. The van der Waals surface area contributed by atoms with Crippen molar-refractivity contribution in [2.75, 3.05) is 13.9 Å². The third-order valence-electron chi connectivity index (χ3n) is 6.28. The summed E-state index contributed by atoms with van der Waals surface area (Å²) in [6.45, 7) is 2.58. The lowest BCUT2D eigenvalue weighted by Gasteiger charge is -2.40. The summed E-state index contributed by atoms with van der Waals surface area (Å²) in [5.41, 5.74) is 1.00. The van der Waals surface area contributed by atoms with Gasteiger partial charge in [0.2, 0.25) is 0 Å². The van der Waals surface area contributed by atoms with E-state index >= 15 is 0 Å². The van der Waals surface area contributed by atoms with Crippen molar-refractivity contribution in [2.45, 2.75) is 50.9 Å². The summed E-state index contributed by atoms with van der Waals surface area (Å²) >= 11 is 0. The second kappa shape index (κ2) is 8.74. The van der Waals surface area contributed by atoms with Crippen LogP contribution in [0.15, 0.2) is 42.5 Å². The van der Waals surface area contributed by atoms with Gasteiger partial charge in [0, 0.05) is 18.9 Å². The molecule has 2 fully saturated rings. The van der Waals surface area contributed by atoms with Crippen LogP contribution in [0.25, 0.3) is 0 Å². The van der Waals surface area contributed by atoms with Gasteiger partial charge in [-0.15, -0.1) is 0 Å². The summed E-state index contributed by atoms with van der Waals surface area (Å²) in [7, 11) is 1.50. The molecule has 0 spiro atoms. The van der Waals surface area contributed by atoms with E-state index in [1.165, 1.54) is 13.2 Å². The zero-order valence-electron chi connectivity index (χ0n) is 17.4. The van der Waals surface area contributed by atoms with Crippen LogP contribution in [0.1, 0.15) is 37.3 Å². The normalized spacial score (nSPS) is 24.4. The first-order valence-electron chi connectivity index (χ1n) is 10.3. The highest BCUT2D eigenvalue weighted by molar-refractivity contribution is 5.80. The molecule has 30 heavy (non-hydrogen) atoms. The fourth-order valence-electron chi connectivity index (χ4n) is 4.52. The summed E-state index contributed by atoms with van der Waals surface area (Å²) in [6, 6.07) is 12.9. The molecule has 0 amide bonds. The second-order valence-electron chi connectivity index (χ2n) is 8.09. The maximum absolute atomic E-state index is 14.8. The molecule has 1 aliphatic carbocycles. The molecule has 2 aliphatic rings. The van der Waals surface area contributed by atoms with E-state index in [-0.39, 0.29) is 30.4 Å². The number of ether oxygens (including phenoxy) is 4. The number of benzene rings is 2. The highest BCUT2D eigenvalue weighted by Gasteiger charge is 2.52. The average molecular weight is 414 g/mol. The number of methoxy groups -OCH3 is 1. The third-order valence-corrected chi connectivity index (χ3v) is 6.28. The van der Waals surface area contributed by atoms with E-state index in [1.54, 1.807) is 6.07 Å². The molecule has 3 atom stereocenters. The Morgan fingerprint density at radius 1 is 1.23 bits per heavy atom. The predicted octanol–water partition coefficient (Wildman–Crippen LogP) is 4.46. The van der Waals surface area contributed by atoms with Crippen LogP contribution in [0.5, 0.6) is 11.5 Å². The first kappa shape index (κ1) is 20.8. The van der Waals surface area contributed by atoms with Crippen molar-refractivity contribution in [1.82, 2.24) is 0 Å². The van der Waals surface area contributed by atoms with E-state index in [1.807, 2.05) is 37.3 Å². The summed E-state index contributed by atoms with van der Waals surface area (Å²) in [5, 5.41) is 0. The minimum Gasteiger partial charge on any atom is -0.493 e. The van der Waals surface area contributed by atoms with Gasteiger partial charge in [-0.2, -0.15) is 0 Å². The van der Waals surface area contributed by atoms with Gasteiger partial charge in [-0.25, -0.2) is 4.39 Å². The topological polar surface area (TPSA) is 54.0 Å². The molecule has 1 aliphatic heterocycles. The quantitative estimate of drug-likeness (QED) is 0.670. The molecule has 160 valence electrons. The van der Waals surface area contributed by atoms with Gasteiger partial charge in [0.15, 0.2) is 11.5 Å². The Kier molecular flexibility index (Phi) is 6.06. The summed E-state index contributed by atoms with van der Waals surface area (Å²) in [5.74, 6) is 0.689. The molecule has 0 radical (unpaired) electrons. The van der Waals surface area contributed by atoms with Crippen LogP contribution >= 0.6 is 0 Å². The molecule has 0 bridgehead atoms. The standard InChI is InChI=1S/C24H27FO5/c1-16(24-9-8-19(26)12-23(24)29-15-30-24)10-18-11-22(21(27-2)13-20(18)25)28-14-17-6-4-3-5-7-17/h3-7,11,13,16,23H,8-10,12,14-15H2,1-2H3/t16-,23+,24+/m0/s1. The molecule has 0 aromatic heterocycles. The zero-order valence-corrected chi connectivity index (χ0v) is 17.4. The molecule has 2 aromatic rings. The van der Waals surface area contributed by atoms with Gasteiger partial charge >= 0.3 is 0 Å². The molecule has 2 aromatic carbocycles. The van der Waals surface area contributed by atoms with E-state index in [0.29, 0.717) is 49.4 Å². The smallest absolute Gasteiger partial charge is 0.163 e. The number of carbonyl (C=O) groups is 1. The Morgan fingerprint density at radius 3 is 2.80 bits per heavy atom. The third kappa shape index (κ3) is 4.07. The van der Waals surface area contributed by atoms with Crippen LogP contribution in [-0.4, -0.2) is 31.4 Å². The van der Waals surface area contributed by atoms with E-state index in [9.17, 15) is 9.18 Å². The van der Waals surface area contributed by atoms with Crippen LogP contribution in [0, 0.1) is 11.7 Å². The van der Waals surface area contributed by atoms with Gasteiger partial charge in [0.05, 0.1) is 13.2 Å². The number of ketones is 1. The molecular weight excluding hydrogens is 387 g/mol. The van der Waals surface area contributed by atoms with Gasteiger partial charge in [-0.3, -0.25) is 4.79 Å². The average Bonchev–Trinajstić information content (AvgIpc) is 3.19. The molecular formula is C24H27FO5. The monoisotopic (exact) mass is 414 g/mol. The fourth-order valence-corrected chi connectivity index (χ4v) is 4.52. The molecule has 4 rings (SSSR count). The Hall–Kier alpha value is -2.44. The lowest BCUT2D eigenvalue weighted by atomic mass is 9.72. The fraction of sp³-hybridized carbons (Fsp3) is 0.458. The largest absolute Gasteiger partial charge is 0.493 e. The number of carbonyl (C=O) groups excluding carboxylic acids is 1. The SMILES string of the molecule is COc1cc(F)c(C[C@H](C)[C@]23CCC(=O)C[C@H]2OCO3)cc1OCc1ccccc1. The van der Waals surface area contributed by atoms with Crippen molar-refractivity contribution in [1.29, 1.82) is 0 Å². The molecule has 6 heteroatoms. The molecule has 0 N–H and O–H groups in total. The maximum Gasteiger partial charge on any atom is 0.163 e. The second-order valence-corrected chi connectivity index (χ2v) is 8.09. The maximum atomic E-state index is 14.8. The van der Waals surface area contributed by atoms with Crippen LogP contribution < -0.4 is 9.47 Å². The molecule has 1 saturated heterocycles. The van der Waals surface area contributed by atoms with E-state index < -0.39 is 5.60 Å². The number of rotatable bonds is 7. The van der Waals surface area contributed by atoms with Gasteiger partial charge in [0.25, 0.3) is 0 Å². The van der Waals surface area contributed by atoms with Crippen LogP contribution in [0.2, 0.25) is 0 Å². The summed E-state index contributed by atoms with van der Waals surface area (Å²) < 4.78 is 37.8. The Balaban J connectivity index is 1.54. The van der Waals surface area contributed by atoms with Gasteiger partial charge in [-0.1, -0.05) is 37.3 Å². The van der Waals surface area contributed by atoms with Crippen molar-refractivity contribution in [3.05, 3.63) is 59.4 Å². The van der Waals surface area contributed by atoms with E-state index in [2.05, 4.69) is 0 Å². The number of halogens is 1. The van der Waals surface area contributed by atoms with Crippen LogP contribution in [-0.2, 0) is 27.3 Å². The summed E-state index contributed by atoms with van der Waals surface area (Å²) in [4.78, 5) is 11.9. The molecule has 5 nitrogen and oxygen atoms in total. The highest BCUT2D eigenvalue weighted by atomic mass is 19.1. The van der Waals surface area contributed by atoms with Gasteiger partial charge in [-0.05, 0) is 36.0 Å². The van der Waals surface area contributed by atoms with Crippen molar-refractivity contribution in [3.8, 4) is 11.5 Å². The summed E-state index contributed by atoms with van der Waals surface area (Å²) in [6.07, 6.45) is 1.63. The first-order chi connectivity index (χ1) is 14.5. The Morgan fingerprint density at radius 2 is 2.03 bits per heavy atom. The molecule has 1 saturated carbocycles. The van der Waals surface area contributed by atoms with E-state index in [0.717, 1.165) is 5.56 Å². The zero-order chi connectivity index (χ0) is 21.1. The lowest BCUT2D eigenvalue weighted by molar-refractivity contribution is -0.130. The number of fused-ring (bicyclic) bond motifs is 1. The van der Waals surface area contributed by atoms with Crippen molar-refractivity contribution < 1.29 is 28.1 Å². The Bertz CT molecular complexity index is 900. The van der Waals surface area contributed by atoms with Gasteiger partial charge < -0.3 is 18.9 Å². The van der Waals surface area contributed by atoms with Crippen LogP contribution in [0.3, 0.4) is 0 Å². The molecule has 1 heterocycles.